The summed E-state index contributed by atoms with van der Waals surface area (Å²) in [5.41, 5.74) is 4.92. The molecule has 1 aliphatic rings. The van der Waals surface area contributed by atoms with Gasteiger partial charge in [-0.2, -0.15) is 8.78 Å². The molecule has 1 fully saturated rings. The van der Waals surface area contributed by atoms with Gasteiger partial charge >= 0.3 is 6.43 Å². The van der Waals surface area contributed by atoms with Crippen LogP contribution in [0.4, 0.5) is 8.78 Å². The summed E-state index contributed by atoms with van der Waals surface area (Å²) >= 11 is 0. The molecule has 0 aromatic carbocycles. The van der Waals surface area contributed by atoms with Gasteiger partial charge in [0.05, 0.1) is 6.54 Å². The van der Waals surface area contributed by atoms with Crippen molar-refractivity contribution in [2.24, 2.45) is 5.73 Å². The Bertz CT molecular complexity index is 252. The minimum atomic E-state index is -3.06. The lowest BCUT2D eigenvalue weighted by Crippen LogP contribution is -2.46. The van der Waals surface area contributed by atoms with E-state index < -0.39 is 24.8 Å². The molecule has 0 unspecified atom stereocenters. The van der Waals surface area contributed by atoms with Crippen LogP contribution in [0.3, 0.4) is 0 Å². The first-order chi connectivity index (χ1) is 7.02. The number of nitrogens with zero attached hydrogens (tertiary/aromatic N) is 1. The van der Waals surface area contributed by atoms with E-state index >= 15 is 0 Å². The predicted octanol–water partition coefficient (Wildman–Crippen LogP) is 0.508. The topological polar surface area (TPSA) is 63.4 Å². The van der Waals surface area contributed by atoms with Gasteiger partial charge in [-0.1, -0.05) is 12.8 Å². The van der Waals surface area contributed by atoms with Gasteiger partial charge in [-0.05, 0) is 12.8 Å². The van der Waals surface area contributed by atoms with E-state index in [-0.39, 0.29) is 6.04 Å². The molecular weight excluding hydrogens is 206 g/mol. The molecule has 0 aromatic heterocycles. The van der Waals surface area contributed by atoms with Gasteiger partial charge in [0.25, 0.3) is 5.91 Å². The molecule has 0 saturated heterocycles. The second kappa shape index (κ2) is 5.04. The predicted molar refractivity (Wildman–Crippen MR) is 49.2 cm³/mol. The fourth-order valence-electron chi connectivity index (χ4n) is 1.90. The molecule has 0 aromatic rings. The van der Waals surface area contributed by atoms with Crippen LogP contribution in [-0.2, 0) is 9.59 Å². The average molecular weight is 220 g/mol. The Morgan fingerprint density at radius 2 is 1.87 bits per heavy atom. The van der Waals surface area contributed by atoms with Gasteiger partial charge < -0.3 is 10.6 Å². The number of halogens is 2. The summed E-state index contributed by atoms with van der Waals surface area (Å²) in [6.07, 6.45) is 0.0784. The third-order valence-electron chi connectivity index (χ3n) is 2.56. The Morgan fingerprint density at radius 3 is 2.27 bits per heavy atom. The molecule has 0 spiro atoms. The normalized spacial score (nSPS) is 17.0. The summed E-state index contributed by atoms with van der Waals surface area (Å²) in [6, 6.07) is -0.251. The van der Waals surface area contributed by atoms with E-state index in [0.29, 0.717) is 12.8 Å². The first-order valence-electron chi connectivity index (χ1n) is 4.89. The van der Waals surface area contributed by atoms with Crippen molar-refractivity contribution >= 4 is 11.8 Å². The van der Waals surface area contributed by atoms with Crippen molar-refractivity contribution in [2.45, 2.75) is 38.2 Å². The summed E-state index contributed by atoms with van der Waals surface area (Å²) in [7, 11) is 0. The molecule has 2 amide bonds. The SMILES string of the molecule is NC(=O)CN(C(=O)C(F)F)C1CCCC1. The van der Waals surface area contributed by atoms with Crippen molar-refractivity contribution in [3.8, 4) is 0 Å². The molecule has 4 nitrogen and oxygen atoms in total. The van der Waals surface area contributed by atoms with Crippen molar-refractivity contribution < 1.29 is 18.4 Å². The summed E-state index contributed by atoms with van der Waals surface area (Å²) in [6.45, 7) is -0.409. The zero-order valence-corrected chi connectivity index (χ0v) is 8.29. The fourth-order valence-corrected chi connectivity index (χ4v) is 1.90. The van der Waals surface area contributed by atoms with Gasteiger partial charge in [-0.25, -0.2) is 0 Å². The molecule has 0 aliphatic heterocycles. The van der Waals surface area contributed by atoms with E-state index in [9.17, 15) is 18.4 Å². The van der Waals surface area contributed by atoms with E-state index in [1.165, 1.54) is 0 Å². The summed E-state index contributed by atoms with van der Waals surface area (Å²) in [4.78, 5) is 22.7. The Hall–Kier alpha value is -1.20. The number of primary amides is 1. The molecule has 1 saturated carbocycles. The Labute approximate surface area is 86.4 Å². The third kappa shape index (κ3) is 3.14. The van der Waals surface area contributed by atoms with Gasteiger partial charge in [0.15, 0.2) is 0 Å². The van der Waals surface area contributed by atoms with E-state index in [1.807, 2.05) is 0 Å². The minimum Gasteiger partial charge on any atom is -0.368 e. The monoisotopic (exact) mass is 220 g/mol. The lowest BCUT2D eigenvalue weighted by atomic mass is 10.2. The van der Waals surface area contributed by atoms with Crippen molar-refractivity contribution in [1.29, 1.82) is 0 Å². The highest BCUT2D eigenvalue weighted by Crippen LogP contribution is 2.24. The summed E-state index contributed by atoms with van der Waals surface area (Å²) < 4.78 is 24.5. The zero-order valence-electron chi connectivity index (χ0n) is 8.29. The lowest BCUT2D eigenvalue weighted by molar-refractivity contribution is -0.147. The number of alkyl halides is 2. The first-order valence-corrected chi connectivity index (χ1v) is 4.89. The van der Waals surface area contributed by atoms with Crippen LogP contribution in [0.25, 0.3) is 0 Å². The largest absolute Gasteiger partial charge is 0.368 e. The van der Waals surface area contributed by atoms with Gasteiger partial charge in [0.2, 0.25) is 5.91 Å². The van der Waals surface area contributed by atoms with Gasteiger partial charge in [-0.3, -0.25) is 9.59 Å². The molecule has 0 atom stereocenters. The molecule has 6 heteroatoms. The van der Waals surface area contributed by atoms with Gasteiger partial charge in [-0.15, -0.1) is 0 Å². The maximum atomic E-state index is 12.2. The van der Waals surface area contributed by atoms with Crippen LogP contribution < -0.4 is 5.73 Å². The number of rotatable bonds is 4. The van der Waals surface area contributed by atoms with Crippen LogP contribution in [0, 0.1) is 0 Å². The molecule has 1 aliphatic carbocycles. The van der Waals surface area contributed by atoms with Crippen LogP contribution in [0.5, 0.6) is 0 Å². The van der Waals surface area contributed by atoms with E-state index in [0.717, 1.165) is 17.7 Å². The summed E-state index contributed by atoms with van der Waals surface area (Å²) in [5, 5.41) is 0. The van der Waals surface area contributed by atoms with Crippen LogP contribution in [0.2, 0.25) is 0 Å². The van der Waals surface area contributed by atoms with E-state index in [2.05, 4.69) is 0 Å². The maximum absolute atomic E-state index is 12.2. The zero-order chi connectivity index (χ0) is 11.4. The fraction of sp³-hybridized carbons (Fsp3) is 0.778. The van der Waals surface area contributed by atoms with Crippen LogP contribution in [-0.4, -0.2) is 35.7 Å². The number of hydrogen-bond donors (Lipinski definition) is 1. The highest BCUT2D eigenvalue weighted by atomic mass is 19.3. The van der Waals surface area contributed by atoms with Crippen molar-refractivity contribution in [3.05, 3.63) is 0 Å². The number of hydrogen-bond acceptors (Lipinski definition) is 2. The number of nitrogens with two attached hydrogens (primary N) is 1. The highest BCUT2D eigenvalue weighted by Gasteiger charge is 2.32. The van der Waals surface area contributed by atoms with Gasteiger partial charge in [0.1, 0.15) is 0 Å². The maximum Gasteiger partial charge on any atom is 0.315 e. The van der Waals surface area contributed by atoms with E-state index in [4.69, 9.17) is 5.73 Å². The van der Waals surface area contributed by atoms with Gasteiger partial charge in [0, 0.05) is 6.04 Å². The molecule has 15 heavy (non-hydrogen) atoms. The van der Waals surface area contributed by atoms with E-state index in [1.54, 1.807) is 0 Å². The number of carbonyl (C=O) groups is 2. The molecule has 0 bridgehead atoms. The standard InChI is InChI=1S/C9H14F2N2O2/c10-8(11)9(15)13(5-7(12)14)6-3-1-2-4-6/h6,8H,1-5H2,(H2,12,14). The Morgan fingerprint density at radius 1 is 1.33 bits per heavy atom. The second-order valence-corrected chi connectivity index (χ2v) is 3.67. The second-order valence-electron chi connectivity index (χ2n) is 3.67. The summed E-state index contributed by atoms with van der Waals surface area (Å²) in [5.74, 6) is -2.04. The van der Waals surface area contributed by atoms with Crippen molar-refractivity contribution in [3.63, 3.8) is 0 Å². The Balaban J connectivity index is 2.67. The minimum absolute atomic E-state index is 0.251. The molecule has 2 N–H and O–H groups in total. The highest BCUT2D eigenvalue weighted by molar-refractivity contribution is 5.85. The smallest absolute Gasteiger partial charge is 0.315 e. The average Bonchev–Trinajstić information content (AvgIpc) is 2.65. The Kier molecular flexibility index (Phi) is 3.99. The first kappa shape index (κ1) is 11.9. The van der Waals surface area contributed by atoms with Crippen LogP contribution in [0.1, 0.15) is 25.7 Å². The molecule has 0 heterocycles. The molecular formula is C9H14F2N2O2. The third-order valence-corrected chi connectivity index (χ3v) is 2.56. The lowest BCUT2D eigenvalue weighted by Gasteiger charge is -2.27. The van der Waals surface area contributed by atoms with Crippen molar-refractivity contribution in [2.75, 3.05) is 6.54 Å². The quantitative estimate of drug-likeness (QED) is 0.750. The number of amides is 2. The molecule has 1 rings (SSSR count). The van der Waals surface area contributed by atoms with Crippen LogP contribution in [0.15, 0.2) is 0 Å². The van der Waals surface area contributed by atoms with Crippen LogP contribution >= 0.6 is 0 Å². The number of carbonyl (C=O) groups excluding carboxylic acids is 2. The van der Waals surface area contributed by atoms with Crippen molar-refractivity contribution in [1.82, 2.24) is 4.90 Å². The molecule has 0 radical (unpaired) electrons. The molecule has 86 valence electrons.